The molecule has 0 spiro atoms. The van der Waals surface area contributed by atoms with E-state index in [9.17, 15) is 4.79 Å². The summed E-state index contributed by atoms with van der Waals surface area (Å²) < 4.78 is 5.90. The molecule has 1 aliphatic heterocycles. The second kappa shape index (κ2) is 10.0. The van der Waals surface area contributed by atoms with Crippen LogP contribution in [-0.4, -0.2) is 47.0 Å². The molecule has 0 bridgehead atoms. The molecule has 1 amide bonds. The van der Waals surface area contributed by atoms with Crippen LogP contribution in [0.15, 0.2) is 60.9 Å². The zero-order chi connectivity index (χ0) is 22.5. The lowest BCUT2D eigenvalue weighted by Crippen LogP contribution is -2.50. The van der Waals surface area contributed by atoms with Gasteiger partial charge in [0, 0.05) is 32.2 Å². The molecule has 0 aliphatic carbocycles. The number of aromatic nitrogens is 2. The first-order chi connectivity index (χ1) is 15.5. The summed E-state index contributed by atoms with van der Waals surface area (Å²) in [5.74, 6) is 1.88. The van der Waals surface area contributed by atoms with E-state index in [4.69, 9.17) is 16.3 Å². The van der Waals surface area contributed by atoms with Gasteiger partial charge in [-0.2, -0.15) is 0 Å². The molecule has 2 aromatic carbocycles. The molecule has 1 unspecified atom stereocenters. The van der Waals surface area contributed by atoms with Gasteiger partial charge in [-0.25, -0.2) is 9.97 Å². The number of carbonyl (C=O) groups is 1. The molecule has 6 nitrogen and oxygen atoms in total. The first-order valence-electron chi connectivity index (χ1n) is 10.9. The molecule has 166 valence electrons. The van der Waals surface area contributed by atoms with Crippen molar-refractivity contribution in [1.29, 1.82) is 0 Å². The number of carbonyl (C=O) groups excluding carboxylic acids is 1. The number of benzene rings is 2. The molecule has 2 heterocycles. The number of hydrogen-bond acceptors (Lipinski definition) is 5. The van der Waals surface area contributed by atoms with Crippen LogP contribution in [0.3, 0.4) is 0 Å². The molecule has 0 saturated carbocycles. The number of aryl methyl sites for hydroxylation is 1. The number of rotatable bonds is 6. The molecular formula is C25H27ClN4O2. The van der Waals surface area contributed by atoms with Crippen molar-refractivity contribution in [2.24, 2.45) is 0 Å². The normalized spacial score (nSPS) is 14.8. The summed E-state index contributed by atoms with van der Waals surface area (Å²) in [6.45, 7) is 6.78. The third-order valence-corrected chi connectivity index (χ3v) is 6.06. The van der Waals surface area contributed by atoms with Crippen molar-refractivity contribution in [2.75, 3.05) is 31.1 Å². The van der Waals surface area contributed by atoms with E-state index in [1.54, 1.807) is 0 Å². The lowest BCUT2D eigenvalue weighted by atomic mass is 9.95. The summed E-state index contributed by atoms with van der Waals surface area (Å²) in [7, 11) is 0. The summed E-state index contributed by atoms with van der Waals surface area (Å²) in [4.78, 5) is 25.9. The van der Waals surface area contributed by atoms with Gasteiger partial charge in [0.15, 0.2) is 0 Å². The average Bonchev–Trinajstić information content (AvgIpc) is 2.83. The largest absolute Gasteiger partial charge is 0.437 e. The zero-order valence-corrected chi connectivity index (χ0v) is 19.1. The van der Waals surface area contributed by atoms with Crippen molar-refractivity contribution in [3.05, 3.63) is 77.1 Å². The molecule has 4 rings (SSSR count). The molecule has 1 saturated heterocycles. The van der Waals surface area contributed by atoms with E-state index in [0.717, 1.165) is 23.4 Å². The Kier molecular flexibility index (Phi) is 6.90. The van der Waals surface area contributed by atoms with Crippen LogP contribution in [0, 0.1) is 6.92 Å². The molecule has 3 aromatic rings. The van der Waals surface area contributed by atoms with E-state index in [1.165, 1.54) is 6.33 Å². The average molecular weight is 451 g/mol. The van der Waals surface area contributed by atoms with Crippen molar-refractivity contribution >= 4 is 23.3 Å². The standard InChI is InChI=1S/C25H27ClN4O2/c1-3-20(19-7-5-4-6-8-19)25(31)30-13-11-29(12-14-30)23-16-24(28-17-27-23)32-22-15-18(2)9-10-21(22)26/h4-10,15-17,20H,3,11-14H2,1-2H3. The van der Waals surface area contributed by atoms with Crippen LogP contribution >= 0.6 is 11.6 Å². The van der Waals surface area contributed by atoms with E-state index in [0.29, 0.717) is 42.8 Å². The van der Waals surface area contributed by atoms with Crippen molar-refractivity contribution in [1.82, 2.24) is 14.9 Å². The Hall–Kier alpha value is -3.12. The molecule has 1 fully saturated rings. The van der Waals surface area contributed by atoms with E-state index in [2.05, 4.69) is 21.8 Å². The molecule has 1 aliphatic rings. The Morgan fingerprint density at radius 3 is 2.53 bits per heavy atom. The third-order valence-electron chi connectivity index (χ3n) is 5.75. The van der Waals surface area contributed by atoms with Gasteiger partial charge in [-0.1, -0.05) is 54.9 Å². The molecule has 1 atom stereocenters. The summed E-state index contributed by atoms with van der Waals surface area (Å²) in [5.41, 5.74) is 2.13. The van der Waals surface area contributed by atoms with Gasteiger partial charge in [-0.3, -0.25) is 4.79 Å². The number of nitrogens with zero attached hydrogens (tertiary/aromatic N) is 4. The number of anilines is 1. The highest BCUT2D eigenvalue weighted by Crippen LogP contribution is 2.30. The fraction of sp³-hybridized carbons (Fsp3) is 0.320. The Morgan fingerprint density at radius 2 is 1.81 bits per heavy atom. The zero-order valence-electron chi connectivity index (χ0n) is 18.4. The van der Waals surface area contributed by atoms with E-state index >= 15 is 0 Å². The fourth-order valence-electron chi connectivity index (χ4n) is 3.97. The maximum absolute atomic E-state index is 13.1. The van der Waals surface area contributed by atoms with Gasteiger partial charge in [0.25, 0.3) is 0 Å². The lowest BCUT2D eigenvalue weighted by Gasteiger charge is -2.37. The lowest BCUT2D eigenvalue weighted by molar-refractivity contribution is -0.133. The topological polar surface area (TPSA) is 58.6 Å². The molecule has 1 aromatic heterocycles. The highest BCUT2D eigenvalue weighted by Gasteiger charge is 2.28. The van der Waals surface area contributed by atoms with Crippen LogP contribution in [0.2, 0.25) is 5.02 Å². The van der Waals surface area contributed by atoms with Crippen LogP contribution in [0.5, 0.6) is 11.6 Å². The molecule has 0 radical (unpaired) electrons. The highest BCUT2D eigenvalue weighted by molar-refractivity contribution is 6.32. The van der Waals surface area contributed by atoms with E-state index in [-0.39, 0.29) is 11.8 Å². The van der Waals surface area contributed by atoms with E-state index in [1.807, 2.05) is 66.4 Å². The minimum Gasteiger partial charge on any atom is -0.437 e. The summed E-state index contributed by atoms with van der Waals surface area (Å²) >= 11 is 6.25. The quantitative estimate of drug-likeness (QED) is 0.524. The Morgan fingerprint density at radius 1 is 1.06 bits per heavy atom. The predicted octanol–water partition coefficient (Wildman–Crippen LogP) is 5.07. The fourth-order valence-corrected chi connectivity index (χ4v) is 4.13. The Labute approximate surface area is 193 Å². The van der Waals surface area contributed by atoms with Gasteiger partial charge in [0.1, 0.15) is 17.9 Å². The molecule has 32 heavy (non-hydrogen) atoms. The maximum atomic E-state index is 13.1. The van der Waals surface area contributed by atoms with Gasteiger partial charge in [-0.05, 0) is 36.6 Å². The Bertz CT molecular complexity index is 1070. The third kappa shape index (κ3) is 5.02. The van der Waals surface area contributed by atoms with Crippen LogP contribution in [0.1, 0.15) is 30.4 Å². The number of amides is 1. The second-order valence-electron chi connectivity index (χ2n) is 7.93. The highest BCUT2D eigenvalue weighted by atomic mass is 35.5. The first kappa shape index (κ1) is 22.1. The SMILES string of the molecule is CCC(C(=O)N1CCN(c2cc(Oc3cc(C)ccc3Cl)ncn2)CC1)c1ccccc1. The smallest absolute Gasteiger partial charge is 0.230 e. The van der Waals surface area contributed by atoms with Crippen LogP contribution in [0.25, 0.3) is 0 Å². The van der Waals surface area contributed by atoms with Crippen molar-refractivity contribution in [3.8, 4) is 11.6 Å². The molecule has 7 heteroatoms. The second-order valence-corrected chi connectivity index (χ2v) is 8.34. The van der Waals surface area contributed by atoms with Gasteiger partial charge >= 0.3 is 0 Å². The summed E-state index contributed by atoms with van der Waals surface area (Å²) in [6, 6.07) is 17.5. The van der Waals surface area contributed by atoms with E-state index < -0.39 is 0 Å². The van der Waals surface area contributed by atoms with Crippen LogP contribution in [0.4, 0.5) is 5.82 Å². The van der Waals surface area contributed by atoms with Gasteiger partial charge in [0.2, 0.25) is 11.8 Å². The predicted molar refractivity (Wildman–Crippen MR) is 127 cm³/mol. The van der Waals surface area contributed by atoms with Gasteiger partial charge < -0.3 is 14.5 Å². The van der Waals surface area contributed by atoms with Crippen molar-refractivity contribution in [3.63, 3.8) is 0 Å². The minimum absolute atomic E-state index is 0.0964. The van der Waals surface area contributed by atoms with Crippen molar-refractivity contribution in [2.45, 2.75) is 26.2 Å². The number of hydrogen-bond donors (Lipinski definition) is 0. The van der Waals surface area contributed by atoms with Crippen LogP contribution in [-0.2, 0) is 4.79 Å². The minimum atomic E-state index is -0.0964. The summed E-state index contributed by atoms with van der Waals surface area (Å²) in [6.07, 6.45) is 2.28. The number of ether oxygens (including phenoxy) is 1. The first-order valence-corrected chi connectivity index (χ1v) is 11.3. The number of piperazine rings is 1. The Balaban J connectivity index is 1.40. The van der Waals surface area contributed by atoms with Gasteiger partial charge in [-0.15, -0.1) is 0 Å². The maximum Gasteiger partial charge on any atom is 0.230 e. The van der Waals surface area contributed by atoms with Gasteiger partial charge in [0.05, 0.1) is 10.9 Å². The van der Waals surface area contributed by atoms with Crippen LogP contribution < -0.4 is 9.64 Å². The number of halogens is 1. The summed E-state index contributed by atoms with van der Waals surface area (Å²) in [5, 5.41) is 0.534. The molecular weight excluding hydrogens is 424 g/mol. The van der Waals surface area contributed by atoms with Crippen molar-refractivity contribution < 1.29 is 9.53 Å². The molecule has 0 N–H and O–H groups in total. The monoisotopic (exact) mass is 450 g/mol.